The minimum absolute atomic E-state index is 0.340. The van der Waals surface area contributed by atoms with Gasteiger partial charge in [-0.3, -0.25) is 4.79 Å². The Kier molecular flexibility index (Phi) is 13.0. The molecule has 3 rings (SSSR count). The Hall–Kier alpha value is -2.98. The van der Waals surface area contributed by atoms with Crippen LogP contribution in [0.4, 0.5) is 26.3 Å². The number of benzene rings is 2. The molecule has 0 aliphatic rings. The zero-order valence-corrected chi connectivity index (χ0v) is 25.6. The van der Waals surface area contributed by atoms with Crippen LogP contribution in [0.3, 0.4) is 0 Å². The van der Waals surface area contributed by atoms with Crippen molar-refractivity contribution in [2.45, 2.75) is 74.9 Å². The molecule has 0 saturated carbocycles. The van der Waals surface area contributed by atoms with Crippen LogP contribution < -0.4 is 16.2 Å². The third-order valence-electron chi connectivity index (χ3n) is 6.48. The Morgan fingerprint density at radius 1 is 0.978 bits per heavy atom. The molecule has 0 spiro atoms. The van der Waals surface area contributed by atoms with Gasteiger partial charge in [-0.1, -0.05) is 25.8 Å². The molecule has 2 aromatic carbocycles. The summed E-state index contributed by atoms with van der Waals surface area (Å²) in [6, 6.07) is 11.4. The number of carbonyl (C=O) groups is 1. The Labute approximate surface area is 260 Å². The Bertz CT molecular complexity index is 1410. The first kappa shape index (κ1) is 36.5. The highest BCUT2D eigenvalue weighted by Crippen LogP contribution is 2.39. The third kappa shape index (κ3) is 11.4. The molecule has 1 heterocycles. The topological polar surface area (TPSA) is 119 Å². The van der Waals surface area contributed by atoms with Gasteiger partial charge in [0, 0.05) is 29.0 Å². The lowest BCUT2D eigenvalue weighted by molar-refractivity contribution is -0.514. The predicted molar refractivity (Wildman–Crippen MR) is 156 cm³/mol. The number of hydrogen-bond acceptors (Lipinski definition) is 9. The largest absolute Gasteiger partial charge is 0.496 e. The molecule has 8 nitrogen and oxygen atoms in total. The van der Waals surface area contributed by atoms with Crippen LogP contribution in [-0.2, 0) is 25.4 Å². The molecule has 45 heavy (non-hydrogen) atoms. The first-order valence-corrected chi connectivity index (χ1v) is 15.2. The summed E-state index contributed by atoms with van der Waals surface area (Å²) < 4.78 is 106. The molecular formula is C30H36F6N2O6S. The highest BCUT2D eigenvalue weighted by Gasteiger charge is 2.51. The Balaban J connectivity index is 1.55. The molecule has 3 aromatic rings. The quantitative estimate of drug-likeness (QED) is 0.0446. The van der Waals surface area contributed by atoms with Gasteiger partial charge in [0.25, 0.3) is 0 Å². The lowest BCUT2D eigenvalue weighted by atomic mass is 10.0. The van der Waals surface area contributed by atoms with Crippen molar-refractivity contribution in [1.82, 2.24) is 0 Å². The Morgan fingerprint density at radius 3 is 2.36 bits per heavy atom. The van der Waals surface area contributed by atoms with E-state index in [0.717, 1.165) is 54.0 Å². The lowest BCUT2D eigenvalue weighted by Crippen LogP contribution is -2.42. The van der Waals surface area contributed by atoms with Crippen LogP contribution >= 0.6 is 11.8 Å². The van der Waals surface area contributed by atoms with Gasteiger partial charge in [-0.25, -0.2) is 9.47 Å². The van der Waals surface area contributed by atoms with E-state index in [0.29, 0.717) is 22.0 Å². The van der Waals surface area contributed by atoms with E-state index in [9.17, 15) is 31.1 Å². The van der Waals surface area contributed by atoms with E-state index in [1.54, 1.807) is 25.3 Å². The van der Waals surface area contributed by atoms with Crippen LogP contribution in [0.25, 0.3) is 22.3 Å². The van der Waals surface area contributed by atoms with Crippen LogP contribution in [0, 0.1) is 0 Å². The number of methoxy groups -OCH3 is 1. The van der Waals surface area contributed by atoms with Gasteiger partial charge in [-0.05, 0) is 54.8 Å². The summed E-state index contributed by atoms with van der Waals surface area (Å²) in [6.07, 6.45) is -13.1. The van der Waals surface area contributed by atoms with Crippen molar-refractivity contribution in [2.75, 3.05) is 26.0 Å². The normalized spacial score (nSPS) is 13.3. The maximum Gasteiger partial charge on any atom is 0.494 e. The van der Waals surface area contributed by atoms with E-state index >= 15 is 0 Å². The van der Waals surface area contributed by atoms with Crippen molar-refractivity contribution in [3.8, 4) is 17.1 Å². The molecule has 0 fully saturated rings. The van der Waals surface area contributed by atoms with Crippen LogP contribution in [0.15, 0.2) is 51.8 Å². The number of hydrogen-bond donors (Lipinski definition) is 2. The SMILES string of the molecule is CCCCCc1ccc(-c2cc3ccc(SCCC(F)(F)OC(F)(F)OC(F)(F)CCOC(=O)C(N)CN)cc3o2)c(OC)c1. The summed E-state index contributed by atoms with van der Waals surface area (Å²) in [4.78, 5) is 11.8. The predicted octanol–water partition coefficient (Wildman–Crippen LogP) is 7.31. The number of alkyl halides is 6. The van der Waals surface area contributed by atoms with E-state index in [4.69, 9.17) is 20.6 Å². The highest BCUT2D eigenvalue weighted by atomic mass is 32.2. The van der Waals surface area contributed by atoms with Crippen LogP contribution in [0.5, 0.6) is 5.75 Å². The average molecular weight is 667 g/mol. The molecule has 0 radical (unpaired) electrons. The fraction of sp³-hybridized carbons (Fsp3) is 0.500. The minimum Gasteiger partial charge on any atom is -0.496 e. The van der Waals surface area contributed by atoms with Gasteiger partial charge < -0.3 is 25.4 Å². The first-order chi connectivity index (χ1) is 21.2. The molecule has 1 atom stereocenters. The zero-order chi connectivity index (χ0) is 33.3. The number of carbonyl (C=O) groups excluding carboxylic acids is 1. The van der Waals surface area contributed by atoms with Gasteiger partial charge >= 0.3 is 24.5 Å². The molecule has 1 unspecified atom stereocenters. The maximum absolute atomic E-state index is 14.1. The second kappa shape index (κ2) is 16.0. The lowest BCUT2D eigenvalue weighted by Gasteiger charge is -2.26. The third-order valence-corrected chi connectivity index (χ3v) is 7.48. The first-order valence-electron chi connectivity index (χ1n) is 14.2. The van der Waals surface area contributed by atoms with Crippen molar-refractivity contribution in [3.63, 3.8) is 0 Å². The monoisotopic (exact) mass is 666 g/mol. The number of ether oxygens (including phenoxy) is 4. The molecule has 0 aliphatic carbocycles. The smallest absolute Gasteiger partial charge is 0.494 e. The summed E-state index contributed by atoms with van der Waals surface area (Å²) in [5.41, 5.74) is 12.7. The summed E-state index contributed by atoms with van der Waals surface area (Å²) in [7, 11) is 1.57. The van der Waals surface area contributed by atoms with E-state index < -0.39 is 55.7 Å². The molecule has 0 saturated heterocycles. The number of nitrogens with two attached hydrogens (primary N) is 2. The van der Waals surface area contributed by atoms with Crippen LogP contribution in [0.2, 0.25) is 0 Å². The van der Waals surface area contributed by atoms with E-state index in [-0.39, 0.29) is 6.54 Å². The van der Waals surface area contributed by atoms with Crippen molar-refractivity contribution >= 4 is 28.7 Å². The fourth-order valence-corrected chi connectivity index (χ4v) is 5.07. The number of esters is 1. The molecule has 0 bridgehead atoms. The van der Waals surface area contributed by atoms with Crippen LogP contribution in [-0.4, -0.2) is 56.5 Å². The summed E-state index contributed by atoms with van der Waals surface area (Å²) in [6.45, 7) is 0.718. The van der Waals surface area contributed by atoms with Crippen molar-refractivity contribution in [2.24, 2.45) is 11.5 Å². The van der Waals surface area contributed by atoms with E-state index in [2.05, 4.69) is 21.1 Å². The van der Waals surface area contributed by atoms with Gasteiger partial charge in [0.05, 0.1) is 25.7 Å². The number of halogens is 6. The summed E-state index contributed by atoms with van der Waals surface area (Å²) in [5, 5.41) is 0.742. The van der Waals surface area contributed by atoms with Gasteiger partial charge in [-0.15, -0.1) is 20.5 Å². The van der Waals surface area contributed by atoms with Crippen molar-refractivity contribution in [1.29, 1.82) is 0 Å². The highest BCUT2D eigenvalue weighted by molar-refractivity contribution is 7.99. The number of rotatable bonds is 19. The second-order valence-corrected chi connectivity index (χ2v) is 11.3. The number of fused-ring (bicyclic) bond motifs is 1. The maximum atomic E-state index is 14.1. The number of furan rings is 1. The van der Waals surface area contributed by atoms with Gasteiger partial charge in [0.2, 0.25) is 0 Å². The van der Waals surface area contributed by atoms with Crippen molar-refractivity contribution < 1.29 is 54.5 Å². The molecule has 1 aromatic heterocycles. The molecular weight excluding hydrogens is 630 g/mol. The molecule has 0 aliphatic heterocycles. The van der Waals surface area contributed by atoms with E-state index in [1.165, 1.54) is 0 Å². The van der Waals surface area contributed by atoms with Crippen molar-refractivity contribution in [3.05, 3.63) is 48.0 Å². The standard InChI is InChI=1S/C30H36F6N2O6S/c1-3-4-5-6-19-7-10-22(25(15-19)40-2)26-16-20-8-9-21(17-24(20)42-26)45-14-12-29(33,34)44-30(35,36)43-28(31,32)11-13-41-27(39)23(38)18-37/h7-10,15-17,23H,3-6,11-14,18,37-38H2,1-2H3. The number of unbranched alkanes of at least 4 members (excludes halogenated alkanes) is 2. The molecule has 250 valence electrons. The average Bonchev–Trinajstić information content (AvgIpc) is 3.38. The summed E-state index contributed by atoms with van der Waals surface area (Å²) in [5.74, 6) is -0.368. The fourth-order valence-electron chi connectivity index (χ4n) is 4.14. The molecule has 15 heteroatoms. The number of aryl methyl sites for hydroxylation is 1. The van der Waals surface area contributed by atoms with Crippen LogP contribution in [0.1, 0.15) is 44.6 Å². The summed E-state index contributed by atoms with van der Waals surface area (Å²) >= 11 is 0.897. The molecule has 0 amide bonds. The van der Waals surface area contributed by atoms with Gasteiger partial charge in [-0.2, -0.15) is 17.6 Å². The van der Waals surface area contributed by atoms with Gasteiger partial charge in [0.15, 0.2) is 0 Å². The van der Waals surface area contributed by atoms with Gasteiger partial charge in [0.1, 0.15) is 23.1 Å². The second-order valence-electron chi connectivity index (χ2n) is 10.1. The zero-order valence-electron chi connectivity index (χ0n) is 24.8. The molecule has 4 N–H and O–H groups in total. The minimum atomic E-state index is -5.35. The Morgan fingerprint density at radius 2 is 1.69 bits per heavy atom. The number of thioether (sulfide) groups is 1. The van der Waals surface area contributed by atoms with E-state index in [1.807, 2.05) is 24.3 Å².